The molecule has 4 heterocycles. The number of Topliss-reactive ketones (excluding diaryl/α,β-unsaturated/α-hetero) is 1. The van der Waals surface area contributed by atoms with Crippen molar-refractivity contribution in [3.05, 3.63) is 67.4 Å². The summed E-state index contributed by atoms with van der Waals surface area (Å²) in [4.78, 5) is 29.2. The minimum absolute atomic E-state index is 0.00685. The highest BCUT2D eigenvalue weighted by atomic mass is 32.1. The van der Waals surface area contributed by atoms with Crippen LogP contribution in [0.25, 0.3) is 0 Å². The molecule has 0 aliphatic carbocycles. The minimum atomic E-state index is -0.00685. The molecule has 1 aliphatic rings. The van der Waals surface area contributed by atoms with Gasteiger partial charge >= 0.3 is 0 Å². The van der Waals surface area contributed by atoms with E-state index in [1.54, 1.807) is 35.7 Å². The number of hydrogen-bond donors (Lipinski definition) is 0. The number of rotatable bonds is 5. The molecule has 4 nitrogen and oxygen atoms in total. The van der Waals surface area contributed by atoms with Crippen LogP contribution in [-0.4, -0.2) is 23.1 Å². The van der Waals surface area contributed by atoms with Crippen LogP contribution in [0.3, 0.4) is 0 Å². The van der Waals surface area contributed by atoms with E-state index in [-0.39, 0.29) is 17.7 Å². The predicted molar refractivity (Wildman–Crippen MR) is 108 cm³/mol. The molecule has 1 unspecified atom stereocenters. The molecule has 1 amide bonds. The van der Waals surface area contributed by atoms with E-state index in [1.165, 1.54) is 22.2 Å². The van der Waals surface area contributed by atoms with Crippen LogP contribution in [-0.2, 0) is 17.6 Å². The Balaban J connectivity index is 1.52. The molecule has 0 radical (unpaired) electrons. The molecule has 0 saturated carbocycles. The summed E-state index contributed by atoms with van der Waals surface area (Å²) >= 11 is 3.47. The quantitative estimate of drug-likeness (QED) is 0.566. The van der Waals surface area contributed by atoms with Crippen molar-refractivity contribution in [3.63, 3.8) is 0 Å². The number of nitrogens with zero attached hydrogens (tertiary/aromatic N) is 1. The van der Waals surface area contributed by atoms with Crippen molar-refractivity contribution in [2.75, 3.05) is 6.54 Å². The predicted octanol–water partition coefficient (Wildman–Crippen LogP) is 5.02. The Hall–Kier alpha value is -2.18. The molecule has 3 aromatic rings. The molecule has 1 aliphatic heterocycles. The topological polar surface area (TPSA) is 50.5 Å². The third kappa shape index (κ3) is 3.51. The lowest BCUT2D eigenvalue weighted by Gasteiger charge is -2.35. The van der Waals surface area contributed by atoms with E-state index < -0.39 is 0 Å². The first kappa shape index (κ1) is 18.2. The van der Waals surface area contributed by atoms with Gasteiger partial charge in [0, 0.05) is 29.1 Å². The van der Waals surface area contributed by atoms with Gasteiger partial charge in [0.1, 0.15) is 11.5 Å². The van der Waals surface area contributed by atoms with Gasteiger partial charge in [-0.2, -0.15) is 0 Å². The Morgan fingerprint density at radius 1 is 1.26 bits per heavy atom. The van der Waals surface area contributed by atoms with Gasteiger partial charge in [-0.05, 0) is 54.8 Å². The Bertz CT molecular complexity index is 968. The first-order valence-electron chi connectivity index (χ1n) is 9.04. The molecule has 27 heavy (non-hydrogen) atoms. The van der Waals surface area contributed by atoms with E-state index in [0.717, 1.165) is 13.0 Å². The summed E-state index contributed by atoms with van der Waals surface area (Å²) in [5, 5.41) is 4.18. The smallest absolute Gasteiger partial charge is 0.223 e. The minimum Gasteiger partial charge on any atom is -0.466 e. The molecule has 0 spiro atoms. The van der Waals surface area contributed by atoms with E-state index in [9.17, 15) is 9.59 Å². The lowest BCUT2D eigenvalue weighted by atomic mass is 9.98. The van der Waals surface area contributed by atoms with Crippen LogP contribution in [0.5, 0.6) is 0 Å². The summed E-state index contributed by atoms with van der Waals surface area (Å²) in [5.74, 6) is 1.45. The lowest BCUT2D eigenvalue weighted by molar-refractivity contribution is -0.133. The van der Waals surface area contributed by atoms with Crippen LogP contribution in [0, 0.1) is 6.92 Å². The highest BCUT2D eigenvalue weighted by Gasteiger charge is 2.33. The summed E-state index contributed by atoms with van der Waals surface area (Å²) in [6, 6.07) is 8.09. The number of hydrogen-bond acceptors (Lipinski definition) is 5. The van der Waals surface area contributed by atoms with E-state index >= 15 is 0 Å². The van der Waals surface area contributed by atoms with Gasteiger partial charge in [0.05, 0.1) is 11.6 Å². The van der Waals surface area contributed by atoms with Crippen molar-refractivity contribution in [2.45, 2.75) is 39.2 Å². The maximum absolute atomic E-state index is 13.1. The standard InChI is InChI=1S/C21H21NO3S2/c1-13(23)17-12-15(25-14(17)2)5-6-20(24)22-9-7-18-16(8-11-27-18)21(22)19-4-3-10-26-19/h3-4,8,10-12,21H,5-7,9H2,1-2H3. The average Bonchev–Trinajstić information content (AvgIpc) is 3.38. The average molecular weight is 400 g/mol. The molecular weight excluding hydrogens is 378 g/mol. The van der Waals surface area contributed by atoms with Crippen molar-refractivity contribution in [2.24, 2.45) is 0 Å². The van der Waals surface area contributed by atoms with Crippen LogP contribution < -0.4 is 0 Å². The van der Waals surface area contributed by atoms with E-state index in [0.29, 0.717) is 29.9 Å². The number of amides is 1. The van der Waals surface area contributed by atoms with E-state index in [1.807, 2.05) is 11.0 Å². The molecule has 1 atom stereocenters. The van der Waals surface area contributed by atoms with Crippen LogP contribution in [0.1, 0.15) is 56.6 Å². The molecule has 4 rings (SSSR count). The number of furan rings is 1. The molecule has 0 bridgehead atoms. The third-order valence-electron chi connectivity index (χ3n) is 5.03. The highest BCUT2D eigenvalue weighted by molar-refractivity contribution is 7.10. The van der Waals surface area contributed by atoms with Crippen molar-refractivity contribution in [1.82, 2.24) is 4.90 Å². The largest absolute Gasteiger partial charge is 0.466 e. The SMILES string of the molecule is CC(=O)c1cc(CCC(=O)N2CCc3sccc3C2c2cccs2)oc1C. The normalized spacial score (nSPS) is 16.4. The van der Waals surface area contributed by atoms with Crippen LogP contribution in [0.15, 0.2) is 39.4 Å². The third-order valence-corrected chi connectivity index (χ3v) is 6.95. The molecule has 140 valence electrons. The number of thiophene rings is 2. The Morgan fingerprint density at radius 3 is 2.81 bits per heavy atom. The molecule has 0 N–H and O–H groups in total. The second-order valence-corrected chi connectivity index (χ2v) is 8.77. The summed E-state index contributed by atoms with van der Waals surface area (Å²) in [6.45, 7) is 4.06. The Kier molecular flexibility index (Phi) is 5.02. The molecule has 0 saturated heterocycles. The van der Waals surface area contributed by atoms with Gasteiger partial charge in [-0.15, -0.1) is 22.7 Å². The summed E-state index contributed by atoms with van der Waals surface area (Å²) < 4.78 is 5.67. The first-order valence-corrected chi connectivity index (χ1v) is 10.8. The molecular formula is C21H21NO3S2. The fourth-order valence-electron chi connectivity index (χ4n) is 3.73. The zero-order valence-electron chi connectivity index (χ0n) is 15.4. The van der Waals surface area contributed by atoms with Crippen molar-refractivity contribution >= 4 is 34.4 Å². The molecule has 6 heteroatoms. The molecule has 3 aromatic heterocycles. The lowest BCUT2D eigenvalue weighted by Crippen LogP contribution is -2.39. The number of carbonyl (C=O) groups excluding carboxylic acids is 2. The van der Waals surface area contributed by atoms with Crippen LogP contribution in [0.4, 0.5) is 0 Å². The van der Waals surface area contributed by atoms with Gasteiger partial charge < -0.3 is 9.32 Å². The van der Waals surface area contributed by atoms with Crippen molar-refractivity contribution in [1.29, 1.82) is 0 Å². The Morgan fingerprint density at radius 2 is 2.11 bits per heavy atom. The van der Waals surface area contributed by atoms with Gasteiger partial charge in [-0.3, -0.25) is 9.59 Å². The maximum Gasteiger partial charge on any atom is 0.223 e. The second-order valence-electron chi connectivity index (χ2n) is 6.79. The van der Waals surface area contributed by atoms with Gasteiger partial charge in [0.15, 0.2) is 5.78 Å². The number of aryl methyl sites for hydroxylation is 2. The number of fused-ring (bicyclic) bond motifs is 1. The van der Waals surface area contributed by atoms with Gasteiger partial charge in [0.2, 0.25) is 5.91 Å². The van der Waals surface area contributed by atoms with Crippen molar-refractivity contribution in [3.8, 4) is 0 Å². The highest BCUT2D eigenvalue weighted by Crippen LogP contribution is 2.39. The fourth-order valence-corrected chi connectivity index (χ4v) is 5.49. The van der Waals surface area contributed by atoms with Gasteiger partial charge in [-0.1, -0.05) is 6.07 Å². The maximum atomic E-state index is 13.1. The van der Waals surface area contributed by atoms with Crippen molar-refractivity contribution < 1.29 is 14.0 Å². The molecule has 0 fully saturated rings. The van der Waals surface area contributed by atoms with E-state index in [2.05, 4.69) is 22.9 Å². The Labute approximate surface area is 166 Å². The van der Waals surface area contributed by atoms with Crippen LogP contribution >= 0.6 is 22.7 Å². The zero-order chi connectivity index (χ0) is 19.0. The number of ketones is 1. The first-order chi connectivity index (χ1) is 13.0. The summed E-state index contributed by atoms with van der Waals surface area (Å²) in [5.41, 5.74) is 1.87. The van der Waals surface area contributed by atoms with E-state index in [4.69, 9.17) is 4.42 Å². The fraction of sp³-hybridized carbons (Fsp3) is 0.333. The summed E-state index contributed by atoms with van der Waals surface area (Å²) in [6.07, 6.45) is 1.80. The van der Waals surface area contributed by atoms with Crippen LogP contribution in [0.2, 0.25) is 0 Å². The zero-order valence-corrected chi connectivity index (χ0v) is 17.0. The summed E-state index contributed by atoms with van der Waals surface area (Å²) in [7, 11) is 0. The monoisotopic (exact) mass is 399 g/mol. The number of carbonyl (C=O) groups is 2. The molecule has 0 aromatic carbocycles. The van der Waals surface area contributed by atoms with Gasteiger partial charge in [-0.25, -0.2) is 0 Å². The van der Waals surface area contributed by atoms with Gasteiger partial charge in [0.25, 0.3) is 0 Å². The second kappa shape index (κ2) is 7.44.